The Morgan fingerprint density at radius 2 is 1.66 bits per heavy atom. The molecule has 0 unspecified atom stereocenters. The molecule has 7 nitrogen and oxygen atoms in total. The van der Waals surface area contributed by atoms with E-state index in [0.29, 0.717) is 34.4 Å². The van der Waals surface area contributed by atoms with Gasteiger partial charge in [-0.3, -0.25) is 4.79 Å². The van der Waals surface area contributed by atoms with Gasteiger partial charge in [0.15, 0.2) is 6.61 Å². The SMILES string of the molecule is COc1cccc(COc2ccc(OC)cc2C=NNC(=O)COc2ccc(Cl)cc2)c1. The largest absolute Gasteiger partial charge is 0.497 e. The Morgan fingerprint density at radius 3 is 2.41 bits per heavy atom. The van der Waals surface area contributed by atoms with Crippen LogP contribution >= 0.6 is 11.6 Å². The summed E-state index contributed by atoms with van der Waals surface area (Å²) in [4.78, 5) is 12.0. The van der Waals surface area contributed by atoms with E-state index in [9.17, 15) is 4.79 Å². The fraction of sp³-hybridized carbons (Fsp3) is 0.167. The van der Waals surface area contributed by atoms with Crippen molar-refractivity contribution >= 4 is 23.7 Å². The third-order valence-electron chi connectivity index (χ3n) is 4.32. The second-order valence-electron chi connectivity index (χ2n) is 6.58. The fourth-order valence-electron chi connectivity index (χ4n) is 2.69. The highest BCUT2D eigenvalue weighted by Gasteiger charge is 2.07. The lowest BCUT2D eigenvalue weighted by Crippen LogP contribution is -2.24. The predicted molar refractivity (Wildman–Crippen MR) is 123 cm³/mol. The normalized spacial score (nSPS) is 10.6. The van der Waals surface area contributed by atoms with Gasteiger partial charge in [-0.1, -0.05) is 23.7 Å². The molecule has 166 valence electrons. The molecule has 0 heterocycles. The molecule has 0 bridgehead atoms. The Morgan fingerprint density at radius 1 is 0.938 bits per heavy atom. The van der Waals surface area contributed by atoms with Crippen LogP contribution in [0.5, 0.6) is 23.0 Å². The molecule has 0 aliphatic carbocycles. The van der Waals surface area contributed by atoms with Crippen molar-refractivity contribution in [3.8, 4) is 23.0 Å². The summed E-state index contributed by atoms with van der Waals surface area (Å²) < 4.78 is 21.9. The summed E-state index contributed by atoms with van der Waals surface area (Å²) in [5.74, 6) is 2.11. The number of hydrazone groups is 1. The average Bonchev–Trinajstić information content (AvgIpc) is 2.83. The smallest absolute Gasteiger partial charge is 0.277 e. The van der Waals surface area contributed by atoms with E-state index in [1.807, 2.05) is 24.3 Å². The maximum Gasteiger partial charge on any atom is 0.277 e. The first-order valence-corrected chi connectivity index (χ1v) is 10.1. The number of carbonyl (C=O) groups excluding carboxylic acids is 1. The van der Waals surface area contributed by atoms with Gasteiger partial charge in [0.25, 0.3) is 5.91 Å². The van der Waals surface area contributed by atoms with Crippen molar-refractivity contribution in [2.45, 2.75) is 6.61 Å². The minimum absolute atomic E-state index is 0.184. The number of nitrogens with zero attached hydrogens (tertiary/aromatic N) is 1. The summed E-state index contributed by atoms with van der Waals surface area (Å²) >= 11 is 5.83. The van der Waals surface area contributed by atoms with Crippen LogP contribution in [0.2, 0.25) is 5.02 Å². The zero-order valence-electron chi connectivity index (χ0n) is 17.7. The number of amides is 1. The second kappa shape index (κ2) is 11.6. The van der Waals surface area contributed by atoms with Gasteiger partial charge in [-0.15, -0.1) is 0 Å². The number of ether oxygens (including phenoxy) is 4. The zero-order chi connectivity index (χ0) is 22.8. The van der Waals surface area contributed by atoms with E-state index in [1.54, 1.807) is 56.7 Å². The third-order valence-corrected chi connectivity index (χ3v) is 4.57. The van der Waals surface area contributed by atoms with Gasteiger partial charge >= 0.3 is 0 Å². The summed E-state index contributed by atoms with van der Waals surface area (Å²) in [5, 5.41) is 4.60. The highest BCUT2D eigenvalue weighted by atomic mass is 35.5. The molecule has 0 aromatic heterocycles. The van der Waals surface area contributed by atoms with Gasteiger partial charge in [0.2, 0.25) is 0 Å². The van der Waals surface area contributed by atoms with Gasteiger partial charge < -0.3 is 18.9 Å². The first kappa shape index (κ1) is 23.0. The summed E-state index contributed by atoms with van der Waals surface area (Å²) in [7, 11) is 3.19. The van der Waals surface area contributed by atoms with Crippen LogP contribution in [0.4, 0.5) is 0 Å². The van der Waals surface area contributed by atoms with E-state index < -0.39 is 5.91 Å². The minimum atomic E-state index is -0.405. The zero-order valence-corrected chi connectivity index (χ0v) is 18.5. The van der Waals surface area contributed by atoms with Crippen LogP contribution in [0.25, 0.3) is 0 Å². The van der Waals surface area contributed by atoms with Crippen molar-refractivity contribution < 1.29 is 23.7 Å². The standard InChI is InChI=1S/C24H23ClN2O5/c1-29-21-5-3-4-17(12-21)15-32-23-11-10-22(30-2)13-18(23)14-26-27-24(28)16-31-20-8-6-19(25)7-9-20/h3-14H,15-16H2,1-2H3,(H,27,28). The molecule has 0 saturated carbocycles. The summed E-state index contributed by atoms with van der Waals surface area (Å²) in [6.07, 6.45) is 1.49. The van der Waals surface area contributed by atoms with E-state index in [-0.39, 0.29) is 6.61 Å². The lowest BCUT2D eigenvalue weighted by molar-refractivity contribution is -0.123. The number of rotatable bonds is 10. The van der Waals surface area contributed by atoms with Gasteiger partial charge in [-0.05, 0) is 60.2 Å². The Kier molecular flexibility index (Phi) is 8.34. The molecule has 0 saturated heterocycles. The van der Waals surface area contributed by atoms with Crippen LogP contribution in [0.3, 0.4) is 0 Å². The van der Waals surface area contributed by atoms with Crippen molar-refractivity contribution in [3.63, 3.8) is 0 Å². The van der Waals surface area contributed by atoms with Crippen LogP contribution in [0, 0.1) is 0 Å². The predicted octanol–water partition coefficient (Wildman–Crippen LogP) is 4.47. The highest BCUT2D eigenvalue weighted by molar-refractivity contribution is 6.30. The lowest BCUT2D eigenvalue weighted by atomic mass is 10.2. The summed E-state index contributed by atoms with van der Waals surface area (Å²) in [6, 6.07) is 19.7. The fourth-order valence-corrected chi connectivity index (χ4v) is 2.82. The van der Waals surface area contributed by atoms with Crippen LogP contribution in [0.1, 0.15) is 11.1 Å². The molecule has 32 heavy (non-hydrogen) atoms. The number of carbonyl (C=O) groups is 1. The van der Waals surface area contributed by atoms with E-state index in [1.165, 1.54) is 6.21 Å². The van der Waals surface area contributed by atoms with Crippen LogP contribution in [-0.2, 0) is 11.4 Å². The van der Waals surface area contributed by atoms with Crippen molar-refractivity contribution in [3.05, 3.63) is 82.9 Å². The van der Waals surface area contributed by atoms with Crippen molar-refractivity contribution in [1.29, 1.82) is 0 Å². The number of hydrogen-bond donors (Lipinski definition) is 1. The molecule has 0 aliphatic heterocycles. The second-order valence-corrected chi connectivity index (χ2v) is 7.02. The van der Waals surface area contributed by atoms with Gasteiger partial charge in [0.1, 0.15) is 29.6 Å². The summed E-state index contributed by atoms with van der Waals surface area (Å²) in [6.45, 7) is 0.155. The molecular formula is C24H23ClN2O5. The third kappa shape index (κ3) is 6.92. The molecule has 3 rings (SSSR count). The molecule has 3 aromatic carbocycles. The van der Waals surface area contributed by atoms with Gasteiger partial charge in [-0.2, -0.15) is 5.10 Å². The van der Waals surface area contributed by atoms with E-state index in [2.05, 4.69) is 10.5 Å². The van der Waals surface area contributed by atoms with Crippen LogP contribution in [0.15, 0.2) is 71.8 Å². The van der Waals surface area contributed by atoms with E-state index in [0.717, 1.165) is 11.3 Å². The molecule has 0 radical (unpaired) electrons. The number of methoxy groups -OCH3 is 2. The Hall–Kier alpha value is -3.71. The van der Waals surface area contributed by atoms with Crippen LogP contribution < -0.4 is 24.4 Å². The Bertz CT molecular complexity index is 1070. The van der Waals surface area contributed by atoms with Gasteiger partial charge in [-0.25, -0.2) is 5.43 Å². The number of benzene rings is 3. The van der Waals surface area contributed by atoms with Crippen molar-refractivity contribution in [2.24, 2.45) is 5.10 Å². The quantitative estimate of drug-likeness (QED) is 0.361. The number of nitrogens with one attached hydrogen (secondary N) is 1. The number of hydrogen-bond acceptors (Lipinski definition) is 6. The lowest BCUT2D eigenvalue weighted by Gasteiger charge is -2.11. The van der Waals surface area contributed by atoms with Crippen molar-refractivity contribution in [1.82, 2.24) is 5.43 Å². The molecule has 1 amide bonds. The van der Waals surface area contributed by atoms with E-state index >= 15 is 0 Å². The molecule has 1 N–H and O–H groups in total. The maximum atomic E-state index is 12.0. The van der Waals surface area contributed by atoms with Crippen LogP contribution in [-0.4, -0.2) is 32.9 Å². The molecule has 0 atom stereocenters. The first-order chi connectivity index (χ1) is 15.6. The monoisotopic (exact) mass is 454 g/mol. The van der Waals surface area contributed by atoms with Gasteiger partial charge in [0, 0.05) is 10.6 Å². The van der Waals surface area contributed by atoms with E-state index in [4.69, 9.17) is 30.5 Å². The Labute approximate surface area is 191 Å². The molecular weight excluding hydrogens is 432 g/mol. The first-order valence-electron chi connectivity index (χ1n) is 9.71. The number of halogens is 1. The van der Waals surface area contributed by atoms with Crippen molar-refractivity contribution in [2.75, 3.05) is 20.8 Å². The highest BCUT2D eigenvalue weighted by Crippen LogP contribution is 2.24. The molecule has 0 aliphatic rings. The maximum absolute atomic E-state index is 12.0. The summed E-state index contributed by atoms with van der Waals surface area (Å²) in [5.41, 5.74) is 4.03. The molecule has 0 fully saturated rings. The van der Waals surface area contributed by atoms with Gasteiger partial charge in [0.05, 0.1) is 20.4 Å². The average molecular weight is 455 g/mol. The molecule has 8 heteroatoms. The minimum Gasteiger partial charge on any atom is -0.497 e. The Balaban J connectivity index is 1.60. The molecule has 0 spiro atoms. The topological polar surface area (TPSA) is 78.4 Å². The molecule has 3 aromatic rings.